The first-order valence-electron chi connectivity index (χ1n) is 7.10. The summed E-state index contributed by atoms with van der Waals surface area (Å²) in [5.74, 6) is 1.16. The molecular formula is C19H15IO3. The largest absolute Gasteiger partial charge is 0.496 e. The number of carbonyl (C=O) groups excluding carboxylic acids is 1. The summed E-state index contributed by atoms with van der Waals surface area (Å²) in [5, 5.41) is 1.79. The summed E-state index contributed by atoms with van der Waals surface area (Å²) in [7, 11) is 3.19. The fraction of sp³-hybridized carbons (Fsp3) is 0.105. The maximum absolute atomic E-state index is 13.0. The highest BCUT2D eigenvalue weighted by molar-refractivity contribution is 14.1. The second-order valence-corrected chi connectivity index (χ2v) is 6.18. The van der Waals surface area contributed by atoms with Gasteiger partial charge in [-0.1, -0.05) is 36.4 Å². The van der Waals surface area contributed by atoms with Crippen LogP contribution in [0.2, 0.25) is 0 Å². The Kier molecular flexibility index (Phi) is 4.52. The third-order valence-corrected chi connectivity index (χ3v) is 4.69. The molecule has 0 bridgehead atoms. The van der Waals surface area contributed by atoms with Gasteiger partial charge in [-0.2, -0.15) is 0 Å². The molecule has 0 N–H and O–H groups in total. The van der Waals surface area contributed by atoms with Gasteiger partial charge in [-0.3, -0.25) is 4.79 Å². The summed E-state index contributed by atoms with van der Waals surface area (Å²) in [6, 6.07) is 17.0. The molecule has 0 saturated heterocycles. The van der Waals surface area contributed by atoms with Gasteiger partial charge in [0.25, 0.3) is 0 Å². The van der Waals surface area contributed by atoms with E-state index in [1.165, 1.54) is 0 Å². The Labute approximate surface area is 148 Å². The third-order valence-electron chi connectivity index (χ3n) is 3.74. The molecular weight excluding hydrogens is 403 g/mol. The van der Waals surface area contributed by atoms with E-state index in [2.05, 4.69) is 22.6 Å². The molecule has 0 amide bonds. The van der Waals surface area contributed by atoms with E-state index >= 15 is 0 Å². The third kappa shape index (κ3) is 2.79. The number of rotatable bonds is 4. The van der Waals surface area contributed by atoms with Gasteiger partial charge in [-0.15, -0.1) is 0 Å². The van der Waals surface area contributed by atoms with Gasteiger partial charge in [-0.25, -0.2) is 0 Å². The topological polar surface area (TPSA) is 35.5 Å². The molecule has 0 spiro atoms. The van der Waals surface area contributed by atoms with Gasteiger partial charge in [-0.05, 0) is 40.8 Å². The lowest BCUT2D eigenvalue weighted by Gasteiger charge is -2.15. The van der Waals surface area contributed by atoms with Crippen LogP contribution in [0.3, 0.4) is 0 Å². The van der Waals surface area contributed by atoms with Crippen LogP contribution in [0.25, 0.3) is 10.8 Å². The maximum Gasteiger partial charge on any atom is 0.197 e. The molecule has 0 radical (unpaired) electrons. The van der Waals surface area contributed by atoms with E-state index in [9.17, 15) is 4.79 Å². The molecule has 3 aromatic rings. The zero-order valence-corrected chi connectivity index (χ0v) is 15.0. The van der Waals surface area contributed by atoms with Crippen molar-refractivity contribution in [2.45, 2.75) is 0 Å². The summed E-state index contributed by atoms with van der Waals surface area (Å²) in [6.07, 6.45) is 0. The highest BCUT2D eigenvalue weighted by Crippen LogP contribution is 2.37. The lowest BCUT2D eigenvalue weighted by atomic mass is 9.97. The lowest BCUT2D eigenvalue weighted by Crippen LogP contribution is -2.07. The smallest absolute Gasteiger partial charge is 0.197 e. The molecule has 3 nitrogen and oxygen atoms in total. The van der Waals surface area contributed by atoms with Crippen LogP contribution in [0, 0.1) is 3.57 Å². The van der Waals surface area contributed by atoms with Gasteiger partial charge in [0.2, 0.25) is 0 Å². The van der Waals surface area contributed by atoms with Gasteiger partial charge in [0, 0.05) is 19.9 Å². The monoisotopic (exact) mass is 418 g/mol. The molecule has 0 fully saturated rings. The van der Waals surface area contributed by atoms with Gasteiger partial charge in [0.15, 0.2) is 5.78 Å². The number of fused-ring (bicyclic) bond motifs is 1. The average molecular weight is 418 g/mol. The Bertz CT molecular complexity index is 887. The highest BCUT2D eigenvalue weighted by Gasteiger charge is 2.21. The van der Waals surface area contributed by atoms with Crippen molar-refractivity contribution < 1.29 is 14.3 Å². The summed E-state index contributed by atoms with van der Waals surface area (Å²) >= 11 is 2.17. The molecule has 0 saturated carbocycles. The highest BCUT2D eigenvalue weighted by atomic mass is 127. The van der Waals surface area contributed by atoms with E-state index in [0.717, 1.165) is 14.3 Å². The summed E-state index contributed by atoms with van der Waals surface area (Å²) in [5.41, 5.74) is 1.16. The van der Waals surface area contributed by atoms with Crippen molar-refractivity contribution in [3.8, 4) is 11.5 Å². The van der Waals surface area contributed by atoms with E-state index < -0.39 is 0 Å². The molecule has 3 aromatic carbocycles. The zero-order chi connectivity index (χ0) is 16.4. The quantitative estimate of drug-likeness (QED) is 0.456. The molecule has 3 rings (SSSR count). The van der Waals surface area contributed by atoms with Crippen molar-refractivity contribution in [2.75, 3.05) is 14.2 Å². The average Bonchev–Trinajstić information content (AvgIpc) is 2.60. The molecule has 0 unspecified atom stereocenters. The van der Waals surface area contributed by atoms with Crippen LogP contribution in [0.1, 0.15) is 15.9 Å². The predicted octanol–water partition coefficient (Wildman–Crippen LogP) is 4.69. The van der Waals surface area contributed by atoms with Crippen LogP contribution in [0.4, 0.5) is 0 Å². The number of hydrogen-bond donors (Lipinski definition) is 0. The zero-order valence-electron chi connectivity index (χ0n) is 12.8. The Morgan fingerprint density at radius 3 is 2.17 bits per heavy atom. The number of ether oxygens (including phenoxy) is 2. The van der Waals surface area contributed by atoms with Crippen LogP contribution in [0.15, 0.2) is 54.6 Å². The van der Waals surface area contributed by atoms with Crippen LogP contribution < -0.4 is 9.47 Å². The Hall–Kier alpha value is -2.08. The van der Waals surface area contributed by atoms with Crippen LogP contribution >= 0.6 is 22.6 Å². The van der Waals surface area contributed by atoms with E-state index in [-0.39, 0.29) is 5.78 Å². The van der Waals surface area contributed by atoms with Gasteiger partial charge in [0.1, 0.15) is 11.5 Å². The molecule has 23 heavy (non-hydrogen) atoms. The Morgan fingerprint density at radius 1 is 0.870 bits per heavy atom. The number of ketones is 1. The summed E-state index contributed by atoms with van der Waals surface area (Å²) in [4.78, 5) is 13.0. The number of methoxy groups -OCH3 is 2. The van der Waals surface area contributed by atoms with Crippen LogP contribution in [-0.4, -0.2) is 20.0 Å². The second kappa shape index (κ2) is 6.58. The van der Waals surface area contributed by atoms with Crippen molar-refractivity contribution in [3.05, 3.63) is 69.3 Å². The van der Waals surface area contributed by atoms with E-state index in [4.69, 9.17) is 9.47 Å². The van der Waals surface area contributed by atoms with Gasteiger partial charge in [0.05, 0.1) is 19.8 Å². The molecule has 0 aliphatic rings. The molecule has 0 heterocycles. The van der Waals surface area contributed by atoms with E-state index in [1.54, 1.807) is 20.3 Å². The van der Waals surface area contributed by atoms with Gasteiger partial charge >= 0.3 is 0 Å². The fourth-order valence-electron chi connectivity index (χ4n) is 2.66. The van der Waals surface area contributed by atoms with Crippen LogP contribution in [-0.2, 0) is 0 Å². The van der Waals surface area contributed by atoms with Crippen molar-refractivity contribution >= 4 is 39.1 Å². The minimum atomic E-state index is -0.0732. The lowest BCUT2D eigenvalue weighted by molar-refractivity contribution is 0.103. The van der Waals surface area contributed by atoms with Gasteiger partial charge < -0.3 is 9.47 Å². The Morgan fingerprint density at radius 2 is 1.52 bits per heavy atom. The summed E-state index contributed by atoms with van der Waals surface area (Å²) in [6.45, 7) is 0. The van der Waals surface area contributed by atoms with Crippen molar-refractivity contribution in [3.63, 3.8) is 0 Å². The molecule has 0 aliphatic heterocycles. The second-order valence-electron chi connectivity index (χ2n) is 5.01. The molecule has 4 heteroatoms. The number of halogens is 1. The number of benzene rings is 3. The number of carbonyl (C=O) groups is 1. The normalized spacial score (nSPS) is 10.6. The Balaban J connectivity index is 2.29. The van der Waals surface area contributed by atoms with E-state index in [1.807, 2.05) is 48.5 Å². The standard InChI is InChI=1S/C19H15IO3/c1-22-17-11-15(18(21)14-9-5-6-10-16(14)20)19(23-2)13-8-4-3-7-12(13)17/h3-11H,1-2H3. The van der Waals surface area contributed by atoms with E-state index in [0.29, 0.717) is 22.6 Å². The SMILES string of the molecule is COc1cc(C(=O)c2ccccc2I)c(OC)c2ccccc12. The van der Waals surface area contributed by atoms with Crippen molar-refractivity contribution in [2.24, 2.45) is 0 Å². The number of hydrogen-bond acceptors (Lipinski definition) is 3. The van der Waals surface area contributed by atoms with Crippen molar-refractivity contribution in [1.29, 1.82) is 0 Å². The molecule has 0 atom stereocenters. The molecule has 0 aromatic heterocycles. The minimum absolute atomic E-state index is 0.0732. The van der Waals surface area contributed by atoms with Crippen molar-refractivity contribution in [1.82, 2.24) is 0 Å². The molecule has 0 aliphatic carbocycles. The fourth-order valence-corrected chi connectivity index (χ4v) is 3.30. The molecule has 116 valence electrons. The first-order chi connectivity index (χ1) is 11.2. The van der Waals surface area contributed by atoms with Crippen LogP contribution in [0.5, 0.6) is 11.5 Å². The first-order valence-corrected chi connectivity index (χ1v) is 8.18. The maximum atomic E-state index is 13.0. The predicted molar refractivity (Wildman–Crippen MR) is 99.6 cm³/mol. The summed E-state index contributed by atoms with van der Waals surface area (Å²) < 4.78 is 11.9. The first kappa shape index (κ1) is 15.8. The minimum Gasteiger partial charge on any atom is -0.496 e.